The maximum absolute atomic E-state index is 12.1. The number of nitrogens with zero attached hydrogens (tertiary/aromatic N) is 1. The highest BCUT2D eigenvalue weighted by atomic mass is 79.9. The molecule has 0 aliphatic carbocycles. The molecule has 1 aliphatic rings. The minimum atomic E-state index is -0.455. The fourth-order valence-corrected chi connectivity index (χ4v) is 3.00. The summed E-state index contributed by atoms with van der Waals surface area (Å²) in [5.41, 5.74) is 1.97. The Morgan fingerprint density at radius 3 is 2.54 bits per heavy atom. The lowest BCUT2D eigenvalue weighted by Crippen LogP contribution is -2.40. The molecule has 0 unspecified atom stereocenters. The molecule has 1 aromatic rings. The van der Waals surface area contributed by atoms with E-state index in [2.05, 4.69) is 28.1 Å². The zero-order chi connectivity index (χ0) is 19.2. The Bertz CT molecular complexity index is 642. The Hall–Kier alpha value is -1.53. The number of ether oxygens (including phenoxy) is 3. The smallest absolute Gasteiger partial charge is 0.410 e. The highest BCUT2D eigenvalue weighted by Gasteiger charge is 2.24. The van der Waals surface area contributed by atoms with Gasteiger partial charge in [-0.15, -0.1) is 0 Å². The quantitative estimate of drug-likeness (QED) is 0.630. The molecule has 5 nitrogen and oxygen atoms in total. The SMILES string of the molecule is COCCOc1cc(C=C2CCN(C(=O)OC(C)(C)C)CC2)ccc1Br. The largest absolute Gasteiger partial charge is 0.490 e. The summed E-state index contributed by atoms with van der Waals surface area (Å²) < 4.78 is 17.1. The number of carbonyl (C=O) groups is 1. The van der Waals surface area contributed by atoms with Crippen molar-refractivity contribution in [2.45, 2.75) is 39.2 Å². The van der Waals surface area contributed by atoms with Crippen LogP contribution in [0, 0.1) is 0 Å². The van der Waals surface area contributed by atoms with Gasteiger partial charge in [-0.1, -0.05) is 17.7 Å². The predicted octanol–water partition coefficient (Wildman–Crippen LogP) is 4.89. The molecular formula is C20H28BrNO4. The minimum Gasteiger partial charge on any atom is -0.490 e. The summed E-state index contributed by atoms with van der Waals surface area (Å²) in [6, 6.07) is 6.07. The highest BCUT2D eigenvalue weighted by molar-refractivity contribution is 9.10. The summed E-state index contributed by atoms with van der Waals surface area (Å²) in [6.07, 6.45) is 3.67. The molecule has 0 radical (unpaired) electrons. The molecule has 1 aliphatic heterocycles. The highest BCUT2D eigenvalue weighted by Crippen LogP contribution is 2.28. The third kappa shape index (κ3) is 6.65. The van der Waals surface area contributed by atoms with Crippen molar-refractivity contribution in [3.05, 3.63) is 33.8 Å². The first-order valence-electron chi connectivity index (χ1n) is 8.87. The topological polar surface area (TPSA) is 48.0 Å². The Labute approximate surface area is 164 Å². The fraction of sp³-hybridized carbons (Fsp3) is 0.550. The summed E-state index contributed by atoms with van der Waals surface area (Å²) in [5.74, 6) is 0.808. The normalized spacial score (nSPS) is 15.0. The second-order valence-electron chi connectivity index (χ2n) is 7.30. The van der Waals surface area contributed by atoms with Gasteiger partial charge in [-0.3, -0.25) is 0 Å². The molecule has 0 atom stereocenters. The van der Waals surface area contributed by atoms with Crippen molar-refractivity contribution >= 4 is 28.1 Å². The zero-order valence-electron chi connectivity index (χ0n) is 16.0. The van der Waals surface area contributed by atoms with E-state index in [1.165, 1.54) is 5.57 Å². The number of rotatable bonds is 5. The summed E-state index contributed by atoms with van der Waals surface area (Å²) in [6.45, 7) is 8.11. The van der Waals surface area contributed by atoms with Crippen LogP contribution in [0.15, 0.2) is 28.2 Å². The van der Waals surface area contributed by atoms with Crippen LogP contribution in [0.1, 0.15) is 39.2 Å². The molecule has 0 aromatic heterocycles. The number of piperidine rings is 1. The van der Waals surface area contributed by atoms with E-state index >= 15 is 0 Å². The van der Waals surface area contributed by atoms with E-state index in [4.69, 9.17) is 14.2 Å². The van der Waals surface area contributed by atoms with Crippen molar-refractivity contribution in [3.63, 3.8) is 0 Å². The van der Waals surface area contributed by atoms with Crippen LogP contribution in [-0.4, -0.2) is 50.0 Å². The van der Waals surface area contributed by atoms with Crippen LogP contribution in [0.25, 0.3) is 6.08 Å². The number of amides is 1. The van der Waals surface area contributed by atoms with Crippen molar-refractivity contribution in [1.29, 1.82) is 0 Å². The van der Waals surface area contributed by atoms with E-state index in [0.29, 0.717) is 26.3 Å². The van der Waals surface area contributed by atoms with Crippen molar-refractivity contribution < 1.29 is 19.0 Å². The lowest BCUT2D eigenvalue weighted by atomic mass is 10.0. The molecule has 0 saturated carbocycles. The van der Waals surface area contributed by atoms with E-state index in [-0.39, 0.29) is 6.09 Å². The third-order valence-electron chi connectivity index (χ3n) is 3.93. The summed E-state index contributed by atoms with van der Waals surface area (Å²) >= 11 is 3.51. The van der Waals surface area contributed by atoms with Gasteiger partial charge in [0.1, 0.15) is 18.0 Å². The van der Waals surface area contributed by atoms with Gasteiger partial charge in [0.05, 0.1) is 11.1 Å². The van der Waals surface area contributed by atoms with Crippen LogP contribution in [0.5, 0.6) is 5.75 Å². The number of methoxy groups -OCH3 is 1. The van der Waals surface area contributed by atoms with Gasteiger partial charge in [0, 0.05) is 20.2 Å². The molecule has 0 bridgehead atoms. The first-order chi connectivity index (χ1) is 12.3. The maximum atomic E-state index is 12.1. The predicted molar refractivity (Wildman–Crippen MR) is 107 cm³/mol. The molecule has 1 fully saturated rings. The first-order valence-corrected chi connectivity index (χ1v) is 9.66. The van der Waals surface area contributed by atoms with E-state index in [9.17, 15) is 4.79 Å². The minimum absolute atomic E-state index is 0.228. The second-order valence-corrected chi connectivity index (χ2v) is 8.16. The number of benzene rings is 1. The van der Waals surface area contributed by atoms with E-state index in [1.54, 1.807) is 12.0 Å². The fourth-order valence-electron chi connectivity index (χ4n) is 2.64. The molecule has 0 N–H and O–H groups in total. The molecule has 1 heterocycles. The first kappa shape index (κ1) is 20.8. The van der Waals surface area contributed by atoms with Gasteiger partial charge in [0.15, 0.2) is 0 Å². The van der Waals surface area contributed by atoms with Crippen molar-refractivity contribution in [2.75, 3.05) is 33.4 Å². The molecule has 1 aromatic carbocycles. The van der Waals surface area contributed by atoms with E-state index < -0.39 is 5.60 Å². The van der Waals surface area contributed by atoms with Crippen molar-refractivity contribution in [3.8, 4) is 5.75 Å². The lowest BCUT2D eigenvalue weighted by molar-refractivity contribution is 0.0237. The van der Waals surface area contributed by atoms with Crippen molar-refractivity contribution in [1.82, 2.24) is 4.90 Å². The van der Waals surface area contributed by atoms with Crippen LogP contribution < -0.4 is 4.74 Å². The Morgan fingerprint density at radius 2 is 1.92 bits per heavy atom. The van der Waals surface area contributed by atoms with Crippen LogP contribution in [0.4, 0.5) is 4.79 Å². The Morgan fingerprint density at radius 1 is 1.23 bits per heavy atom. The standard InChI is InChI=1S/C20H28BrNO4/c1-20(2,3)26-19(23)22-9-7-15(8-10-22)13-16-5-6-17(21)18(14-16)25-12-11-24-4/h5-6,13-14H,7-12H2,1-4H3. The second kappa shape index (κ2) is 9.42. The maximum Gasteiger partial charge on any atom is 0.410 e. The number of likely N-dealkylation sites (tertiary alicyclic amines) is 1. The van der Waals surface area contributed by atoms with Crippen molar-refractivity contribution in [2.24, 2.45) is 0 Å². The van der Waals surface area contributed by atoms with Crippen LogP contribution in [0.2, 0.25) is 0 Å². The molecule has 1 amide bonds. The lowest BCUT2D eigenvalue weighted by Gasteiger charge is -2.31. The van der Waals surface area contributed by atoms with Gasteiger partial charge in [-0.2, -0.15) is 0 Å². The number of carbonyl (C=O) groups excluding carboxylic acids is 1. The van der Waals surface area contributed by atoms with Gasteiger partial charge >= 0.3 is 6.09 Å². The zero-order valence-corrected chi connectivity index (χ0v) is 17.6. The van der Waals surface area contributed by atoms with Gasteiger partial charge in [0.25, 0.3) is 0 Å². The summed E-state index contributed by atoms with van der Waals surface area (Å²) in [5, 5.41) is 0. The van der Waals surface area contributed by atoms with Gasteiger partial charge < -0.3 is 19.1 Å². The Kier molecular flexibility index (Phi) is 7.53. The van der Waals surface area contributed by atoms with Crippen LogP contribution in [-0.2, 0) is 9.47 Å². The number of halogens is 1. The molecule has 1 saturated heterocycles. The average molecular weight is 426 g/mol. The average Bonchev–Trinajstić information content (AvgIpc) is 2.57. The van der Waals surface area contributed by atoms with E-state index in [0.717, 1.165) is 28.6 Å². The van der Waals surface area contributed by atoms with Gasteiger partial charge in [-0.05, 0) is 67.2 Å². The summed E-state index contributed by atoms with van der Waals surface area (Å²) in [4.78, 5) is 13.9. The molecule has 6 heteroatoms. The van der Waals surface area contributed by atoms with Crippen LogP contribution in [0.3, 0.4) is 0 Å². The number of hydrogen-bond acceptors (Lipinski definition) is 4. The molecule has 0 spiro atoms. The molecule has 2 rings (SSSR count). The van der Waals surface area contributed by atoms with Gasteiger partial charge in [-0.25, -0.2) is 4.79 Å². The molecular weight excluding hydrogens is 398 g/mol. The third-order valence-corrected chi connectivity index (χ3v) is 4.58. The summed E-state index contributed by atoms with van der Waals surface area (Å²) in [7, 11) is 1.66. The monoisotopic (exact) mass is 425 g/mol. The Balaban J connectivity index is 1.95. The van der Waals surface area contributed by atoms with E-state index in [1.807, 2.05) is 32.9 Å². The molecule has 144 valence electrons. The van der Waals surface area contributed by atoms with Gasteiger partial charge in [0.2, 0.25) is 0 Å². The molecule has 26 heavy (non-hydrogen) atoms. The van der Waals surface area contributed by atoms with Crippen LogP contribution >= 0.6 is 15.9 Å². The number of hydrogen-bond donors (Lipinski definition) is 0.